The van der Waals surface area contributed by atoms with Gasteiger partial charge in [0.15, 0.2) is 6.29 Å². The fourth-order valence-electron chi connectivity index (χ4n) is 1.21. The average molecular weight is 260 g/mol. The Morgan fingerprint density at radius 2 is 1.83 bits per heavy atom. The predicted octanol–water partition coefficient (Wildman–Crippen LogP) is 2.37. The molecule has 0 radical (unpaired) electrons. The van der Waals surface area contributed by atoms with Crippen LogP contribution in [0.25, 0.3) is 5.57 Å². The lowest BCUT2D eigenvalue weighted by Crippen LogP contribution is -1.99. The maximum atomic E-state index is 13.3. The van der Waals surface area contributed by atoms with E-state index in [1.54, 1.807) is 0 Å². The number of nitrogens with two attached hydrogens (primary N) is 1. The van der Waals surface area contributed by atoms with E-state index in [1.807, 2.05) is 0 Å². The van der Waals surface area contributed by atoms with Gasteiger partial charge in [-0.25, -0.2) is 13.8 Å². The molecule has 0 aliphatic rings. The molecule has 0 bridgehead atoms. The molecule has 0 atom stereocenters. The molecule has 3 nitrogen and oxygen atoms in total. The quantitative estimate of drug-likeness (QED) is 0.391. The van der Waals surface area contributed by atoms with Crippen molar-refractivity contribution in [3.05, 3.63) is 41.1 Å². The van der Waals surface area contributed by atoms with E-state index in [4.69, 9.17) is 5.73 Å². The Hall–Kier alpha value is -2.18. The Kier molecular flexibility index (Phi) is 4.59. The second-order valence-electron chi connectivity index (χ2n) is 3.15. The molecule has 0 saturated carbocycles. The number of nitrogens with zero attached hydrogens (tertiary/aromatic N) is 1. The van der Waals surface area contributed by atoms with E-state index in [2.05, 4.69) is 4.99 Å². The Morgan fingerprint density at radius 3 is 2.22 bits per heavy atom. The molecule has 0 unspecified atom stereocenters. The minimum Gasteiger partial charge on any atom is -0.404 e. The fourth-order valence-corrected chi connectivity index (χ4v) is 1.21. The molecule has 18 heavy (non-hydrogen) atoms. The summed E-state index contributed by atoms with van der Waals surface area (Å²) in [5, 5.41) is 0. The molecule has 1 aromatic rings. The van der Waals surface area contributed by atoms with Gasteiger partial charge in [0, 0.05) is 18.0 Å². The lowest BCUT2D eigenvalue weighted by molar-refractivity contribution is 0.111. The molecule has 0 fully saturated rings. The summed E-state index contributed by atoms with van der Waals surface area (Å²) >= 11 is 0. The van der Waals surface area contributed by atoms with E-state index in [0.717, 1.165) is 18.3 Å². The first kappa shape index (κ1) is 13.9. The third-order valence-corrected chi connectivity index (χ3v) is 2.04. The Morgan fingerprint density at radius 1 is 1.28 bits per heavy atom. The third kappa shape index (κ3) is 3.16. The van der Waals surface area contributed by atoms with Crippen LogP contribution in [0.1, 0.15) is 15.9 Å². The summed E-state index contributed by atoms with van der Waals surface area (Å²) in [4.78, 5) is 13.1. The van der Waals surface area contributed by atoms with Crippen molar-refractivity contribution in [2.24, 2.45) is 10.7 Å². The molecule has 0 aromatic heterocycles. The van der Waals surface area contributed by atoms with Crippen LogP contribution in [0.4, 0.5) is 17.6 Å². The first-order chi connectivity index (χ1) is 8.49. The summed E-state index contributed by atoms with van der Waals surface area (Å²) in [5.41, 5.74) is 4.23. The van der Waals surface area contributed by atoms with E-state index in [1.165, 1.54) is 0 Å². The van der Waals surface area contributed by atoms with Crippen molar-refractivity contribution < 1.29 is 22.4 Å². The molecule has 7 heteroatoms. The molecule has 0 amide bonds. The van der Waals surface area contributed by atoms with Gasteiger partial charge in [0.2, 0.25) is 0 Å². The summed E-state index contributed by atoms with van der Waals surface area (Å²) in [6.45, 7) is -2.95. The van der Waals surface area contributed by atoms with Crippen molar-refractivity contribution in [2.45, 2.75) is 6.55 Å². The highest BCUT2D eigenvalue weighted by Crippen LogP contribution is 2.19. The normalized spacial score (nSPS) is 12.4. The second kappa shape index (κ2) is 5.95. The predicted molar refractivity (Wildman–Crippen MR) is 58.4 cm³/mol. The van der Waals surface area contributed by atoms with Crippen LogP contribution in [-0.4, -0.2) is 19.1 Å². The zero-order valence-electron chi connectivity index (χ0n) is 8.91. The molecule has 0 spiro atoms. The number of allylic oxidation sites excluding steroid dienone is 1. The van der Waals surface area contributed by atoms with Gasteiger partial charge in [-0.1, -0.05) is 0 Å². The van der Waals surface area contributed by atoms with Crippen LogP contribution in [-0.2, 0) is 0 Å². The standard InChI is InChI=1S/C11H8F4N2O/c12-9-1-6(2-10(13)8(9)5-18)7(3-16)4-17-11(14)15/h1-5,11H,16H2. The maximum Gasteiger partial charge on any atom is 0.331 e. The van der Waals surface area contributed by atoms with E-state index in [9.17, 15) is 22.4 Å². The second-order valence-corrected chi connectivity index (χ2v) is 3.15. The molecule has 0 aliphatic carbocycles. The van der Waals surface area contributed by atoms with Gasteiger partial charge in [-0.05, 0) is 17.7 Å². The molecule has 2 N–H and O–H groups in total. The number of halogens is 4. The number of rotatable bonds is 4. The lowest BCUT2D eigenvalue weighted by Gasteiger charge is -2.04. The molecule has 1 rings (SSSR count). The summed E-state index contributed by atoms with van der Waals surface area (Å²) in [6.07, 6.45) is 1.59. The van der Waals surface area contributed by atoms with Gasteiger partial charge in [0.05, 0.1) is 5.56 Å². The van der Waals surface area contributed by atoms with Gasteiger partial charge >= 0.3 is 6.55 Å². The number of hydrogen-bond acceptors (Lipinski definition) is 3. The first-order valence-electron chi connectivity index (χ1n) is 4.67. The van der Waals surface area contributed by atoms with Crippen molar-refractivity contribution in [1.29, 1.82) is 0 Å². The average Bonchev–Trinajstić information content (AvgIpc) is 2.29. The number of aldehydes is 1. The van der Waals surface area contributed by atoms with Crippen LogP contribution in [0.15, 0.2) is 23.3 Å². The summed E-state index contributed by atoms with van der Waals surface area (Å²) in [5.74, 6) is -2.21. The van der Waals surface area contributed by atoms with Crippen LogP contribution in [0.3, 0.4) is 0 Å². The SMILES string of the molecule is NC=C(C=NC(F)F)c1cc(F)c(C=O)c(F)c1. The highest BCUT2D eigenvalue weighted by atomic mass is 19.3. The minimum atomic E-state index is -2.95. The number of alkyl halides is 2. The van der Waals surface area contributed by atoms with E-state index in [0.29, 0.717) is 6.21 Å². The van der Waals surface area contributed by atoms with Crippen molar-refractivity contribution >= 4 is 18.1 Å². The number of carbonyl (C=O) groups is 1. The van der Waals surface area contributed by atoms with E-state index < -0.39 is 23.7 Å². The first-order valence-corrected chi connectivity index (χ1v) is 4.67. The minimum absolute atomic E-state index is 0.0214. The largest absolute Gasteiger partial charge is 0.404 e. The summed E-state index contributed by atoms with van der Waals surface area (Å²) in [6, 6.07) is 1.62. The number of carbonyl (C=O) groups excluding carboxylic acids is 1. The zero-order chi connectivity index (χ0) is 13.7. The molecular weight excluding hydrogens is 252 g/mol. The molecule has 0 heterocycles. The summed E-state index contributed by atoms with van der Waals surface area (Å²) < 4.78 is 50.3. The molecule has 0 saturated heterocycles. The number of aliphatic imine (C=N–C) groups is 1. The van der Waals surface area contributed by atoms with Crippen molar-refractivity contribution in [3.63, 3.8) is 0 Å². The molecule has 96 valence electrons. The topological polar surface area (TPSA) is 55.4 Å². The smallest absolute Gasteiger partial charge is 0.331 e. The molecular formula is C11H8F4N2O. The molecule has 0 aliphatic heterocycles. The van der Waals surface area contributed by atoms with Crippen LogP contribution in [0, 0.1) is 11.6 Å². The number of benzene rings is 1. The zero-order valence-corrected chi connectivity index (χ0v) is 8.91. The Labute approximate surface area is 99.6 Å². The lowest BCUT2D eigenvalue weighted by atomic mass is 10.0. The van der Waals surface area contributed by atoms with Gasteiger partial charge in [0.1, 0.15) is 11.6 Å². The summed E-state index contributed by atoms with van der Waals surface area (Å²) in [7, 11) is 0. The van der Waals surface area contributed by atoms with Crippen LogP contribution in [0.5, 0.6) is 0 Å². The van der Waals surface area contributed by atoms with Gasteiger partial charge in [-0.15, -0.1) is 0 Å². The highest BCUT2D eigenvalue weighted by Gasteiger charge is 2.12. The van der Waals surface area contributed by atoms with Crippen molar-refractivity contribution in [3.8, 4) is 0 Å². The highest BCUT2D eigenvalue weighted by molar-refractivity contribution is 6.09. The monoisotopic (exact) mass is 260 g/mol. The van der Waals surface area contributed by atoms with Gasteiger partial charge < -0.3 is 5.73 Å². The van der Waals surface area contributed by atoms with Crippen LogP contribution < -0.4 is 5.73 Å². The van der Waals surface area contributed by atoms with Crippen molar-refractivity contribution in [2.75, 3.05) is 0 Å². The molecule has 1 aromatic carbocycles. The van der Waals surface area contributed by atoms with Crippen LogP contribution >= 0.6 is 0 Å². The third-order valence-electron chi connectivity index (χ3n) is 2.04. The Balaban J connectivity index is 3.21. The fraction of sp³-hybridized carbons (Fsp3) is 0.0909. The van der Waals surface area contributed by atoms with Crippen molar-refractivity contribution in [1.82, 2.24) is 0 Å². The Bertz CT molecular complexity index is 489. The number of hydrogen-bond donors (Lipinski definition) is 1. The van der Waals surface area contributed by atoms with Gasteiger partial charge in [0.25, 0.3) is 0 Å². The van der Waals surface area contributed by atoms with Crippen LogP contribution in [0.2, 0.25) is 0 Å². The van der Waals surface area contributed by atoms with E-state index in [-0.39, 0.29) is 17.4 Å². The maximum absolute atomic E-state index is 13.3. The van der Waals surface area contributed by atoms with Gasteiger partial charge in [-0.2, -0.15) is 8.78 Å². The van der Waals surface area contributed by atoms with Gasteiger partial charge in [-0.3, -0.25) is 4.79 Å². The van der Waals surface area contributed by atoms with E-state index >= 15 is 0 Å².